The molecule has 1 atom stereocenters. The molecule has 0 spiro atoms. The van der Waals surface area contributed by atoms with Crippen molar-refractivity contribution in [2.24, 2.45) is 5.92 Å². The molecule has 0 radical (unpaired) electrons. The van der Waals surface area contributed by atoms with Gasteiger partial charge in [0, 0.05) is 10.7 Å². The van der Waals surface area contributed by atoms with Crippen LogP contribution in [0, 0.1) is 5.92 Å². The van der Waals surface area contributed by atoms with Crippen molar-refractivity contribution in [1.29, 1.82) is 0 Å². The highest BCUT2D eigenvalue weighted by Gasteiger charge is 2.26. The van der Waals surface area contributed by atoms with Crippen LogP contribution < -0.4 is 10.6 Å². The van der Waals surface area contributed by atoms with E-state index in [1.165, 1.54) is 19.3 Å². The van der Waals surface area contributed by atoms with Crippen molar-refractivity contribution in [3.05, 3.63) is 29.3 Å². The third-order valence-corrected chi connectivity index (χ3v) is 4.71. The third kappa shape index (κ3) is 4.97. The van der Waals surface area contributed by atoms with Crippen molar-refractivity contribution in [2.75, 3.05) is 32.0 Å². The zero-order chi connectivity index (χ0) is 15.9. The molecule has 1 fully saturated rings. The molecule has 1 amide bonds. The number of carbonyl (C=O) groups is 1. The van der Waals surface area contributed by atoms with Gasteiger partial charge in [0.2, 0.25) is 5.91 Å². The topological polar surface area (TPSA) is 44.4 Å². The first-order chi connectivity index (χ1) is 10.6. The van der Waals surface area contributed by atoms with Gasteiger partial charge in [0.15, 0.2) is 0 Å². The van der Waals surface area contributed by atoms with Gasteiger partial charge in [-0.2, -0.15) is 0 Å². The van der Waals surface area contributed by atoms with Crippen molar-refractivity contribution in [2.45, 2.75) is 32.2 Å². The second-order valence-electron chi connectivity index (χ2n) is 6.05. The minimum absolute atomic E-state index is 0.0379. The summed E-state index contributed by atoms with van der Waals surface area (Å²) in [5, 5.41) is 6.80. The molecule has 2 N–H and O–H groups in total. The van der Waals surface area contributed by atoms with Crippen molar-refractivity contribution < 1.29 is 4.79 Å². The number of likely N-dealkylation sites (tertiary alicyclic amines) is 1. The Hall–Kier alpha value is -1.10. The van der Waals surface area contributed by atoms with Gasteiger partial charge in [0.1, 0.15) is 0 Å². The van der Waals surface area contributed by atoms with Gasteiger partial charge in [-0.3, -0.25) is 9.69 Å². The van der Waals surface area contributed by atoms with Crippen molar-refractivity contribution in [3.63, 3.8) is 0 Å². The summed E-state index contributed by atoms with van der Waals surface area (Å²) < 4.78 is 0. The fourth-order valence-electron chi connectivity index (χ4n) is 2.96. The highest BCUT2D eigenvalue weighted by atomic mass is 35.5. The Morgan fingerprint density at radius 3 is 2.77 bits per heavy atom. The average molecular weight is 324 g/mol. The van der Waals surface area contributed by atoms with Crippen LogP contribution >= 0.6 is 11.6 Å². The number of nitrogens with one attached hydrogen (secondary N) is 2. The number of rotatable bonds is 6. The van der Waals surface area contributed by atoms with Gasteiger partial charge in [-0.1, -0.05) is 17.7 Å². The molecule has 1 saturated heterocycles. The number of hydrogen-bond donors (Lipinski definition) is 2. The molecule has 5 heteroatoms. The fourth-order valence-corrected chi connectivity index (χ4v) is 3.15. The minimum atomic E-state index is -0.107. The molecule has 1 unspecified atom stereocenters. The van der Waals surface area contributed by atoms with Crippen molar-refractivity contribution >= 4 is 23.2 Å². The molecule has 122 valence electrons. The maximum Gasteiger partial charge on any atom is 0.241 e. The monoisotopic (exact) mass is 323 g/mol. The first-order valence-corrected chi connectivity index (χ1v) is 8.43. The Balaban J connectivity index is 1.81. The molecule has 0 bridgehead atoms. The first kappa shape index (κ1) is 17.3. The van der Waals surface area contributed by atoms with Crippen LogP contribution in [0.3, 0.4) is 0 Å². The van der Waals surface area contributed by atoms with Crippen LogP contribution in [0.25, 0.3) is 0 Å². The number of benzene rings is 1. The summed E-state index contributed by atoms with van der Waals surface area (Å²) >= 11 is 5.95. The van der Waals surface area contributed by atoms with Gasteiger partial charge >= 0.3 is 0 Å². The second-order valence-corrected chi connectivity index (χ2v) is 6.48. The standard InChI is InChI=1S/C17H26ClN3O/c1-13(17(22)20-16-5-3-4-15(18)12-16)21-10-7-14(8-11-21)6-9-19-2/h3-5,12-14,19H,6-11H2,1-2H3,(H,20,22). The SMILES string of the molecule is CNCCC1CCN(C(C)C(=O)Nc2cccc(Cl)c2)CC1. The Bertz CT molecular complexity index is 487. The summed E-state index contributed by atoms with van der Waals surface area (Å²) in [6.07, 6.45) is 3.58. The van der Waals surface area contributed by atoms with E-state index in [0.29, 0.717) is 5.02 Å². The summed E-state index contributed by atoms with van der Waals surface area (Å²) in [5.41, 5.74) is 0.758. The van der Waals surface area contributed by atoms with E-state index in [2.05, 4.69) is 15.5 Å². The highest BCUT2D eigenvalue weighted by Crippen LogP contribution is 2.22. The molecular weight excluding hydrogens is 298 g/mol. The van der Waals surface area contributed by atoms with E-state index >= 15 is 0 Å². The largest absolute Gasteiger partial charge is 0.325 e. The molecule has 0 aromatic heterocycles. The lowest BCUT2D eigenvalue weighted by molar-refractivity contribution is -0.121. The van der Waals surface area contributed by atoms with E-state index in [1.807, 2.05) is 26.1 Å². The minimum Gasteiger partial charge on any atom is -0.325 e. The van der Waals surface area contributed by atoms with Crippen LogP contribution in [-0.2, 0) is 4.79 Å². The molecule has 0 saturated carbocycles. The van der Waals surface area contributed by atoms with Crippen LogP contribution in [-0.4, -0.2) is 43.5 Å². The Morgan fingerprint density at radius 2 is 2.14 bits per heavy atom. The average Bonchev–Trinajstić information content (AvgIpc) is 2.52. The predicted molar refractivity (Wildman–Crippen MR) is 92.4 cm³/mol. The number of carbonyl (C=O) groups excluding carboxylic acids is 1. The molecule has 1 heterocycles. The van der Waals surface area contributed by atoms with Gasteiger partial charge in [0.25, 0.3) is 0 Å². The van der Waals surface area contributed by atoms with Gasteiger partial charge in [0.05, 0.1) is 6.04 Å². The molecule has 0 aliphatic carbocycles. The number of hydrogen-bond acceptors (Lipinski definition) is 3. The normalized spacial score (nSPS) is 18.1. The molecule has 4 nitrogen and oxygen atoms in total. The number of nitrogens with zero attached hydrogens (tertiary/aromatic N) is 1. The zero-order valence-electron chi connectivity index (χ0n) is 13.4. The number of piperidine rings is 1. The second kappa shape index (κ2) is 8.51. The predicted octanol–water partition coefficient (Wildman–Crippen LogP) is 2.99. The Kier molecular flexibility index (Phi) is 6.68. The van der Waals surface area contributed by atoms with Crippen LogP contribution in [0.5, 0.6) is 0 Å². The summed E-state index contributed by atoms with van der Waals surface area (Å²) in [4.78, 5) is 14.6. The van der Waals surface area contributed by atoms with Crippen LogP contribution in [0.2, 0.25) is 5.02 Å². The molecule has 1 aliphatic rings. The number of amides is 1. The summed E-state index contributed by atoms with van der Waals surface area (Å²) in [5.74, 6) is 0.822. The summed E-state index contributed by atoms with van der Waals surface area (Å²) in [6, 6.07) is 7.17. The van der Waals surface area contributed by atoms with Gasteiger partial charge in [-0.25, -0.2) is 0 Å². The zero-order valence-corrected chi connectivity index (χ0v) is 14.2. The van der Waals surface area contributed by atoms with Crippen LogP contribution in [0.4, 0.5) is 5.69 Å². The molecule has 1 aromatic rings. The molecular formula is C17H26ClN3O. The smallest absolute Gasteiger partial charge is 0.241 e. The first-order valence-electron chi connectivity index (χ1n) is 8.05. The van der Waals surface area contributed by atoms with Gasteiger partial charge in [-0.05, 0) is 77.0 Å². The summed E-state index contributed by atoms with van der Waals surface area (Å²) in [7, 11) is 2.00. The van der Waals surface area contributed by atoms with Crippen molar-refractivity contribution in [3.8, 4) is 0 Å². The van der Waals surface area contributed by atoms with Gasteiger partial charge < -0.3 is 10.6 Å². The lowest BCUT2D eigenvalue weighted by atomic mass is 9.93. The maximum absolute atomic E-state index is 12.4. The van der Waals surface area contributed by atoms with Crippen LogP contribution in [0.1, 0.15) is 26.2 Å². The molecule has 1 aliphatic heterocycles. The summed E-state index contributed by atoms with van der Waals surface area (Å²) in [6.45, 7) is 5.06. The van der Waals surface area contributed by atoms with Crippen LogP contribution in [0.15, 0.2) is 24.3 Å². The number of anilines is 1. The van der Waals surface area contributed by atoms with Gasteiger partial charge in [-0.15, -0.1) is 0 Å². The van der Waals surface area contributed by atoms with E-state index in [9.17, 15) is 4.79 Å². The maximum atomic E-state index is 12.4. The lowest BCUT2D eigenvalue weighted by Crippen LogP contribution is -2.46. The number of halogens is 1. The third-order valence-electron chi connectivity index (χ3n) is 4.47. The lowest BCUT2D eigenvalue weighted by Gasteiger charge is -2.35. The van der Waals surface area contributed by atoms with E-state index in [4.69, 9.17) is 11.6 Å². The Morgan fingerprint density at radius 1 is 1.41 bits per heavy atom. The van der Waals surface area contributed by atoms with E-state index in [0.717, 1.165) is 31.2 Å². The molecule has 2 rings (SSSR count). The Labute approximate surface area is 138 Å². The van der Waals surface area contributed by atoms with E-state index in [1.54, 1.807) is 12.1 Å². The fraction of sp³-hybridized carbons (Fsp3) is 0.588. The quantitative estimate of drug-likeness (QED) is 0.846. The van der Waals surface area contributed by atoms with E-state index < -0.39 is 0 Å². The van der Waals surface area contributed by atoms with E-state index in [-0.39, 0.29) is 11.9 Å². The van der Waals surface area contributed by atoms with Crippen molar-refractivity contribution in [1.82, 2.24) is 10.2 Å². The molecule has 1 aromatic carbocycles. The molecule has 22 heavy (non-hydrogen) atoms. The highest BCUT2D eigenvalue weighted by molar-refractivity contribution is 6.30.